The number of hydrogen-bond donors (Lipinski definition) is 1. The summed E-state index contributed by atoms with van der Waals surface area (Å²) in [6, 6.07) is 2.37. The lowest BCUT2D eigenvalue weighted by Crippen LogP contribution is -2.34. The lowest BCUT2D eigenvalue weighted by Gasteiger charge is -2.26. The van der Waals surface area contributed by atoms with E-state index in [4.69, 9.17) is 5.73 Å². The van der Waals surface area contributed by atoms with Gasteiger partial charge in [0.05, 0.1) is 12.6 Å². The van der Waals surface area contributed by atoms with Gasteiger partial charge < -0.3 is 10.6 Å². The number of nitrogens with two attached hydrogens (primary N) is 1. The molecule has 2 aromatic rings. The smallest absolute Gasteiger partial charge is 0.222 e. The van der Waals surface area contributed by atoms with Crippen LogP contribution < -0.4 is 10.6 Å². The third-order valence-corrected chi connectivity index (χ3v) is 3.88. The molecule has 0 saturated carbocycles. The second kappa shape index (κ2) is 5.31. The average molecular weight is 287 g/mol. The summed E-state index contributed by atoms with van der Waals surface area (Å²) in [5.41, 5.74) is 6.68. The fourth-order valence-electron chi connectivity index (χ4n) is 2.98. The van der Waals surface area contributed by atoms with E-state index in [2.05, 4.69) is 25.0 Å². The van der Waals surface area contributed by atoms with Crippen molar-refractivity contribution >= 4 is 11.8 Å². The molecule has 2 N–H and O–H groups in total. The number of nitrogen functional groups attached to an aromatic ring is 1. The zero-order chi connectivity index (χ0) is 15.0. The maximum Gasteiger partial charge on any atom is 0.222 e. The molecule has 1 atom stereocenters. The zero-order valence-electron chi connectivity index (χ0n) is 12.7. The van der Waals surface area contributed by atoms with Crippen molar-refractivity contribution in [2.45, 2.75) is 46.2 Å². The van der Waals surface area contributed by atoms with Crippen LogP contribution in [0.3, 0.4) is 0 Å². The van der Waals surface area contributed by atoms with E-state index in [1.54, 1.807) is 0 Å². The van der Waals surface area contributed by atoms with Gasteiger partial charge in [-0.1, -0.05) is 0 Å². The molecular formula is C14H21N7. The van der Waals surface area contributed by atoms with Crippen LogP contribution in [0.2, 0.25) is 0 Å². The number of nitrogens with zero attached hydrogens (tertiary/aromatic N) is 6. The number of hydrogen-bond acceptors (Lipinski definition) is 6. The molecule has 0 aromatic carbocycles. The van der Waals surface area contributed by atoms with Crippen molar-refractivity contribution in [1.29, 1.82) is 0 Å². The average Bonchev–Trinajstić information content (AvgIpc) is 2.96. The molecule has 21 heavy (non-hydrogen) atoms. The Bertz CT molecular complexity index is 629. The summed E-state index contributed by atoms with van der Waals surface area (Å²) in [6.45, 7) is 7.68. The first-order valence-corrected chi connectivity index (χ1v) is 7.29. The zero-order valence-corrected chi connectivity index (χ0v) is 12.7. The normalized spacial score (nSPS) is 18.4. The van der Waals surface area contributed by atoms with Crippen LogP contribution in [0.5, 0.6) is 0 Å². The highest BCUT2D eigenvalue weighted by Gasteiger charge is 2.27. The van der Waals surface area contributed by atoms with Crippen molar-refractivity contribution in [3.05, 3.63) is 23.4 Å². The minimum Gasteiger partial charge on any atom is -0.368 e. The first-order valence-electron chi connectivity index (χ1n) is 7.29. The molecule has 3 rings (SSSR count). The van der Waals surface area contributed by atoms with Gasteiger partial charge in [-0.15, -0.1) is 0 Å². The predicted molar refractivity (Wildman–Crippen MR) is 81.0 cm³/mol. The highest BCUT2D eigenvalue weighted by atomic mass is 15.4. The number of aromatic nitrogens is 5. The molecule has 1 aliphatic rings. The summed E-state index contributed by atoms with van der Waals surface area (Å²) < 4.78 is 1.98. The van der Waals surface area contributed by atoms with E-state index < -0.39 is 0 Å². The maximum absolute atomic E-state index is 5.78. The largest absolute Gasteiger partial charge is 0.368 e. The lowest BCUT2D eigenvalue weighted by atomic mass is 10.2. The summed E-state index contributed by atoms with van der Waals surface area (Å²) >= 11 is 0. The second-order valence-corrected chi connectivity index (χ2v) is 5.60. The first-order chi connectivity index (χ1) is 10.0. The molecule has 0 spiro atoms. The Hall–Kier alpha value is -2.18. The fraction of sp³-hybridized carbons (Fsp3) is 0.571. The molecule has 112 valence electrons. The van der Waals surface area contributed by atoms with E-state index in [0.29, 0.717) is 12.0 Å². The van der Waals surface area contributed by atoms with Gasteiger partial charge in [-0.25, -0.2) is 14.6 Å². The highest BCUT2D eigenvalue weighted by Crippen LogP contribution is 2.26. The number of anilines is 2. The van der Waals surface area contributed by atoms with E-state index in [9.17, 15) is 0 Å². The minimum atomic E-state index is 0.337. The Balaban J connectivity index is 1.83. The summed E-state index contributed by atoms with van der Waals surface area (Å²) in [4.78, 5) is 15.2. The van der Waals surface area contributed by atoms with E-state index in [-0.39, 0.29) is 0 Å². The molecule has 1 saturated heterocycles. The monoisotopic (exact) mass is 287 g/mol. The summed E-state index contributed by atoms with van der Waals surface area (Å²) in [7, 11) is 0. The van der Waals surface area contributed by atoms with Crippen LogP contribution in [-0.2, 0) is 6.54 Å². The Morgan fingerprint density at radius 1 is 1.24 bits per heavy atom. The van der Waals surface area contributed by atoms with Crippen molar-refractivity contribution < 1.29 is 0 Å². The van der Waals surface area contributed by atoms with Crippen LogP contribution in [0.25, 0.3) is 0 Å². The van der Waals surface area contributed by atoms with Crippen LogP contribution in [0.1, 0.15) is 30.2 Å². The third kappa shape index (κ3) is 2.81. The Morgan fingerprint density at radius 2 is 2.05 bits per heavy atom. The van der Waals surface area contributed by atoms with Crippen molar-refractivity contribution in [3.8, 4) is 0 Å². The van der Waals surface area contributed by atoms with Gasteiger partial charge in [0.2, 0.25) is 5.95 Å². The van der Waals surface area contributed by atoms with Gasteiger partial charge in [-0.05, 0) is 33.6 Å². The molecule has 0 bridgehead atoms. The molecule has 1 aliphatic heterocycles. The van der Waals surface area contributed by atoms with Crippen LogP contribution in [0, 0.1) is 20.8 Å². The standard InChI is InChI=1S/C14H21N7/c1-9-7-13(18-14(15)16-9)20-6-4-5-12(20)8-21-11(3)17-10(2)19-21/h7,12H,4-6,8H2,1-3H3,(H2,15,16,18)/t12-/m0/s1. The SMILES string of the molecule is Cc1cc(N2CCC[C@H]2Cn2nc(C)nc2C)nc(N)n1. The van der Waals surface area contributed by atoms with Crippen LogP contribution in [0.15, 0.2) is 6.07 Å². The van der Waals surface area contributed by atoms with E-state index in [1.165, 1.54) is 0 Å². The van der Waals surface area contributed by atoms with Gasteiger partial charge in [0, 0.05) is 18.3 Å². The molecule has 0 radical (unpaired) electrons. The topological polar surface area (TPSA) is 85.8 Å². The van der Waals surface area contributed by atoms with Gasteiger partial charge in [0.15, 0.2) is 0 Å². The Labute approximate surface area is 124 Å². The van der Waals surface area contributed by atoms with Gasteiger partial charge in [-0.3, -0.25) is 0 Å². The quantitative estimate of drug-likeness (QED) is 0.914. The van der Waals surface area contributed by atoms with Gasteiger partial charge in [-0.2, -0.15) is 10.1 Å². The Morgan fingerprint density at radius 3 is 2.71 bits per heavy atom. The van der Waals surface area contributed by atoms with Crippen molar-refractivity contribution in [1.82, 2.24) is 24.7 Å². The van der Waals surface area contributed by atoms with Crippen LogP contribution in [0.4, 0.5) is 11.8 Å². The maximum atomic E-state index is 5.78. The molecule has 3 heterocycles. The van der Waals surface area contributed by atoms with E-state index >= 15 is 0 Å². The Kier molecular flexibility index (Phi) is 3.48. The molecule has 2 aromatic heterocycles. The lowest BCUT2D eigenvalue weighted by molar-refractivity contribution is 0.495. The van der Waals surface area contributed by atoms with Crippen LogP contribution in [-0.4, -0.2) is 37.3 Å². The number of aryl methyl sites for hydroxylation is 3. The predicted octanol–water partition coefficient (Wildman–Crippen LogP) is 1.24. The molecule has 7 nitrogen and oxygen atoms in total. The molecule has 1 fully saturated rings. The number of rotatable bonds is 3. The fourth-order valence-corrected chi connectivity index (χ4v) is 2.98. The van der Waals surface area contributed by atoms with Gasteiger partial charge in [0.1, 0.15) is 17.5 Å². The third-order valence-electron chi connectivity index (χ3n) is 3.88. The van der Waals surface area contributed by atoms with Crippen molar-refractivity contribution in [2.24, 2.45) is 0 Å². The van der Waals surface area contributed by atoms with Crippen molar-refractivity contribution in [2.75, 3.05) is 17.2 Å². The molecule has 0 amide bonds. The van der Waals surface area contributed by atoms with E-state index in [1.807, 2.05) is 31.5 Å². The highest BCUT2D eigenvalue weighted by molar-refractivity contribution is 5.45. The van der Waals surface area contributed by atoms with E-state index in [0.717, 1.165) is 49.1 Å². The molecule has 0 unspecified atom stereocenters. The van der Waals surface area contributed by atoms with Crippen molar-refractivity contribution in [3.63, 3.8) is 0 Å². The van der Waals surface area contributed by atoms with Crippen LogP contribution >= 0.6 is 0 Å². The summed E-state index contributed by atoms with van der Waals surface area (Å²) in [5.74, 6) is 3.03. The van der Waals surface area contributed by atoms with Gasteiger partial charge >= 0.3 is 0 Å². The molecular weight excluding hydrogens is 266 g/mol. The minimum absolute atomic E-state index is 0.337. The molecule has 0 aliphatic carbocycles. The molecule has 7 heteroatoms. The van der Waals surface area contributed by atoms with Gasteiger partial charge in [0.25, 0.3) is 0 Å². The summed E-state index contributed by atoms with van der Waals surface area (Å²) in [5, 5.41) is 4.46. The first kappa shape index (κ1) is 13.8. The summed E-state index contributed by atoms with van der Waals surface area (Å²) in [6.07, 6.45) is 2.28. The second-order valence-electron chi connectivity index (χ2n) is 5.60.